The van der Waals surface area contributed by atoms with Gasteiger partial charge >= 0.3 is 5.69 Å². The van der Waals surface area contributed by atoms with Crippen molar-refractivity contribution in [3.8, 4) is 0 Å². The van der Waals surface area contributed by atoms with Crippen molar-refractivity contribution >= 4 is 5.91 Å². The number of H-pyrrole nitrogens is 1. The van der Waals surface area contributed by atoms with Gasteiger partial charge in [0.05, 0.1) is 6.10 Å². The molecule has 19 heavy (non-hydrogen) atoms. The monoisotopic (exact) mass is 267 g/mol. The Labute approximate surface area is 109 Å². The van der Waals surface area contributed by atoms with E-state index in [1.165, 1.54) is 16.8 Å². The van der Waals surface area contributed by atoms with Crippen molar-refractivity contribution in [1.29, 1.82) is 0 Å². The third-order valence-electron chi connectivity index (χ3n) is 3.46. The van der Waals surface area contributed by atoms with Crippen LogP contribution in [-0.4, -0.2) is 44.7 Å². The molecule has 2 N–H and O–H groups in total. The Kier molecular flexibility index (Phi) is 3.84. The Morgan fingerprint density at radius 3 is 2.89 bits per heavy atom. The van der Waals surface area contributed by atoms with Gasteiger partial charge in [0.25, 0.3) is 5.56 Å². The molecule has 0 aromatic carbocycles. The number of hydrogen-bond donors (Lipinski definition) is 2. The third-order valence-corrected chi connectivity index (χ3v) is 3.46. The summed E-state index contributed by atoms with van der Waals surface area (Å²) in [7, 11) is 0. The number of hydrogen-bond acceptors (Lipinski definition) is 4. The van der Waals surface area contributed by atoms with Gasteiger partial charge in [-0.1, -0.05) is 0 Å². The minimum atomic E-state index is -0.591. The molecule has 2 atom stereocenters. The topological polar surface area (TPSA) is 95.4 Å². The van der Waals surface area contributed by atoms with Crippen molar-refractivity contribution in [2.75, 3.05) is 13.1 Å². The number of rotatable bonds is 3. The zero-order valence-electron chi connectivity index (χ0n) is 10.7. The van der Waals surface area contributed by atoms with Crippen LogP contribution in [0, 0.1) is 5.92 Å². The minimum Gasteiger partial charge on any atom is -0.393 e. The molecule has 1 saturated heterocycles. The van der Waals surface area contributed by atoms with Crippen LogP contribution in [0.5, 0.6) is 0 Å². The SMILES string of the molecule is CC(O)C1CCN(C(=O)Cn2ccc(=O)[nH]c2=O)C1. The van der Waals surface area contributed by atoms with E-state index in [0.29, 0.717) is 13.1 Å². The van der Waals surface area contributed by atoms with Gasteiger partial charge in [0, 0.05) is 31.3 Å². The van der Waals surface area contributed by atoms with Crippen molar-refractivity contribution in [3.05, 3.63) is 33.1 Å². The van der Waals surface area contributed by atoms with E-state index in [1.807, 2.05) is 0 Å². The van der Waals surface area contributed by atoms with Gasteiger partial charge in [-0.3, -0.25) is 19.1 Å². The maximum absolute atomic E-state index is 12.0. The number of aliphatic hydroxyl groups excluding tert-OH is 1. The summed E-state index contributed by atoms with van der Waals surface area (Å²) < 4.78 is 1.17. The fourth-order valence-electron chi connectivity index (χ4n) is 2.22. The standard InChI is InChI=1S/C12H17N3O4/c1-8(16)9-2-4-14(6-9)11(18)7-15-5-3-10(17)13-12(15)19/h3,5,8-9,16H,2,4,6-7H2,1H3,(H,13,17,19). The fourth-order valence-corrected chi connectivity index (χ4v) is 2.22. The Hall–Kier alpha value is -1.89. The largest absolute Gasteiger partial charge is 0.393 e. The molecule has 1 aromatic heterocycles. The number of likely N-dealkylation sites (tertiary alicyclic amines) is 1. The van der Waals surface area contributed by atoms with E-state index < -0.39 is 17.4 Å². The highest BCUT2D eigenvalue weighted by molar-refractivity contribution is 5.76. The summed E-state index contributed by atoms with van der Waals surface area (Å²) in [6.45, 7) is 2.72. The van der Waals surface area contributed by atoms with Gasteiger partial charge in [0.15, 0.2) is 0 Å². The van der Waals surface area contributed by atoms with Gasteiger partial charge in [-0.05, 0) is 13.3 Å². The van der Waals surface area contributed by atoms with Crippen molar-refractivity contribution < 1.29 is 9.90 Å². The Morgan fingerprint density at radius 1 is 1.58 bits per heavy atom. The lowest BCUT2D eigenvalue weighted by Gasteiger charge is -2.18. The highest BCUT2D eigenvalue weighted by Gasteiger charge is 2.28. The Balaban J connectivity index is 2.02. The smallest absolute Gasteiger partial charge is 0.328 e. The normalized spacial score (nSPS) is 20.5. The second-order valence-electron chi connectivity index (χ2n) is 4.87. The van der Waals surface area contributed by atoms with Crippen LogP contribution in [-0.2, 0) is 11.3 Å². The van der Waals surface area contributed by atoms with E-state index in [-0.39, 0.29) is 18.4 Å². The zero-order chi connectivity index (χ0) is 14.0. The lowest BCUT2D eigenvalue weighted by Crippen LogP contribution is -2.37. The van der Waals surface area contributed by atoms with E-state index in [9.17, 15) is 19.5 Å². The predicted molar refractivity (Wildman–Crippen MR) is 67.7 cm³/mol. The molecular weight excluding hydrogens is 250 g/mol. The molecule has 7 heteroatoms. The van der Waals surface area contributed by atoms with Gasteiger partial charge in [-0.15, -0.1) is 0 Å². The minimum absolute atomic E-state index is 0.0938. The maximum Gasteiger partial charge on any atom is 0.328 e. The van der Waals surface area contributed by atoms with Crippen LogP contribution in [0.1, 0.15) is 13.3 Å². The highest BCUT2D eigenvalue weighted by Crippen LogP contribution is 2.19. The molecule has 1 aromatic rings. The maximum atomic E-state index is 12.0. The number of carbonyl (C=O) groups excluding carboxylic acids is 1. The molecule has 1 amide bonds. The van der Waals surface area contributed by atoms with Crippen molar-refractivity contribution in [1.82, 2.24) is 14.5 Å². The van der Waals surface area contributed by atoms with Crippen LogP contribution in [0.2, 0.25) is 0 Å². The first-order valence-corrected chi connectivity index (χ1v) is 6.23. The van der Waals surface area contributed by atoms with Gasteiger partial charge in [0.2, 0.25) is 5.91 Å². The zero-order valence-corrected chi connectivity index (χ0v) is 10.7. The van der Waals surface area contributed by atoms with Crippen LogP contribution in [0.15, 0.2) is 21.9 Å². The average molecular weight is 267 g/mol. The molecule has 0 bridgehead atoms. The van der Waals surface area contributed by atoms with Crippen molar-refractivity contribution in [2.24, 2.45) is 5.92 Å². The third kappa shape index (κ3) is 3.11. The molecule has 0 radical (unpaired) electrons. The van der Waals surface area contributed by atoms with Crippen LogP contribution in [0.25, 0.3) is 0 Å². The number of aromatic amines is 1. The molecule has 1 fully saturated rings. The second-order valence-corrected chi connectivity index (χ2v) is 4.87. The summed E-state index contributed by atoms with van der Waals surface area (Å²) in [6.07, 6.45) is 1.64. The predicted octanol–water partition coefficient (Wildman–Crippen LogP) is -1.23. The Bertz CT molecular complexity index is 575. The van der Waals surface area contributed by atoms with Gasteiger partial charge in [-0.25, -0.2) is 4.79 Å². The molecule has 1 aliphatic heterocycles. The summed E-state index contributed by atoms with van der Waals surface area (Å²) >= 11 is 0. The summed E-state index contributed by atoms with van der Waals surface area (Å²) in [6, 6.07) is 1.21. The molecule has 0 saturated carbocycles. The lowest BCUT2D eigenvalue weighted by atomic mass is 10.0. The summed E-state index contributed by atoms with van der Waals surface area (Å²) in [4.78, 5) is 38.1. The molecule has 1 aliphatic rings. The number of aromatic nitrogens is 2. The Morgan fingerprint density at radius 2 is 2.32 bits per heavy atom. The van der Waals surface area contributed by atoms with E-state index in [2.05, 4.69) is 4.98 Å². The van der Waals surface area contributed by atoms with Crippen molar-refractivity contribution in [3.63, 3.8) is 0 Å². The molecular formula is C12H17N3O4. The first-order valence-electron chi connectivity index (χ1n) is 6.23. The average Bonchev–Trinajstić information content (AvgIpc) is 2.82. The highest BCUT2D eigenvalue weighted by atomic mass is 16.3. The molecule has 104 valence electrons. The molecule has 0 aliphatic carbocycles. The number of aliphatic hydroxyl groups is 1. The van der Waals surface area contributed by atoms with Gasteiger partial charge in [-0.2, -0.15) is 0 Å². The van der Waals surface area contributed by atoms with E-state index in [4.69, 9.17) is 0 Å². The quantitative estimate of drug-likeness (QED) is 0.716. The van der Waals surface area contributed by atoms with Crippen LogP contribution >= 0.6 is 0 Å². The molecule has 7 nitrogen and oxygen atoms in total. The first-order chi connectivity index (χ1) is 8.97. The number of carbonyl (C=O) groups is 1. The summed E-state index contributed by atoms with van der Waals surface area (Å²) in [5.74, 6) is -0.0893. The molecule has 0 spiro atoms. The second kappa shape index (κ2) is 5.40. The van der Waals surface area contributed by atoms with Gasteiger partial charge < -0.3 is 10.0 Å². The number of nitrogens with zero attached hydrogens (tertiary/aromatic N) is 2. The number of amides is 1. The van der Waals surface area contributed by atoms with Crippen LogP contribution in [0.3, 0.4) is 0 Å². The van der Waals surface area contributed by atoms with E-state index >= 15 is 0 Å². The summed E-state index contributed by atoms with van der Waals surface area (Å²) in [5, 5.41) is 9.48. The number of nitrogens with one attached hydrogen (secondary N) is 1. The van der Waals surface area contributed by atoms with E-state index in [1.54, 1.807) is 11.8 Å². The summed E-state index contributed by atoms with van der Waals surface area (Å²) in [5.41, 5.74) is -1.07. The fraction of sp³-hybridized carbons (Fsp3) is 0.583. The molecule has 2 unspecified atom stereocenters. The molecule has 2 heterocycles. The van der Waals surface area contributed by atoms with Crippen LogP contribution < -0.4 is 11.2 Å². The van der Waals surface area contributed by atoms with Crippen molar-refractivity contribution in [2.45, 2.75) is 26.0 Å². The van der Waals surface area contributed by atoms with Gasteiger partial charge in [0.1, 0.15) is 6.54 Å². The van der Waals surface area contributed by atoms with E-state index in [0.717, 1.165) is 6.42 Å². The van der Waals surface area contributed by atoms with Crippen LogP contribution in [0.4, 0.5) is 0 Å². The first kappa shape index (κ1) is 13.5. The lowest BCUT2D eigenvalue weighted by molar-refractivity contribution is -0.131. The molecule has 2 rings (SSSR count).